The first kappa shape index (κ1) is 15.9. The van der Waals surface area contributed by atoms with Crippen LogP contribution in [-0.2, 0) is 0 Å². The maximum absolute atomic E-state index is 10.3. The van der Waals surface area contributed by atoms with Gasteiger partial charge in [-0.3, -0.25) is 4.99 Å². The van der Waals surface area contributed by atoms with E-state index in [2.05, 4.69) is 50.8 Å². The molecule has 0 saturated carbocycles. The van der Waals surface area contributed by atoms with Crippen molar-refractivity contribution in [2.24, 2.45) is 4.99 Å². The summed E-state index contributed by atoms with van der Waals surface area (Å²) >= 11 is 2.26. The first-order valence-corrected chi connectivity index (χ1v) is 8.98. The van der Waals surface area contributed by atoms with E-state index in [9.17, 15) is 5.11 Å². The number of nitrogens with zero attached hydrogens (tertiary/aromatic N) is 1. The summed E-state index contributed by atoms with van der Waals surface area (Å²) in [4.78, 5) is 7.52. The molecule has 0 aliphatic heterocycles. The molecule has 0 aliphatic rings. The third-order valence-corrected chi connectivity index (χ3v) is 4.81. The standard InChI is InChI=1S/C21H15IN2O/c22-16-7-9-17(10-8-16)23-13-19-18-11-6-15(12-20(18)24-21(19)25)14-4-2-1-3-5-14/h1-13,24-25H. The molecule has 4 heteroatoms. The number of nitrogens with one attached hydrogen (secondary N) is 1. The van der Waals surface area contributed by atoms with Gasteiger partial charge in [-0.15, -0.1) is 0 Å². The Labute approximate surface area is 159 Å². The van der Waals surface area contributed by atoms with Crippen LogP contribution in [0, 0.1) is 3.57 Å². The number of aromatic hydroxyl groups is 1. The van der Waals surface area contributed by atoms with Crippen LogP contribution >= 0.6 is 22.6 Å². The van der Waals surface area contributed by atoms with E-state index < -0.39 is 0 Å². The molecule has 25 heavy (non-hydrogen) atoms. The first-order valence-electron chi connectivity index (χ1n) is 7.90. The third kappa shape index (κ3) is 3.30. The molecule has 0 atom stereocenters. The van der Waals surface area contributed by atoms with Crippen LogP contribution in [0.4, 0.5) is 5.69 Å². The number of aromatic amines is 1. The van der Waals surface area contributed by atoms with Crippen LogP contribution in [0.15, 0.2) is 77.8 Å². The molecule has 4 aromatic rings. The Morgan fingerprint density at radius 3 is 2.40 bits per heavy atom. The second kappa shape index (κ2) is 6.72. The van der Waals surface area contributed by atoms with Gasteiger partial charge < -0.3 is 10.1 Å². The van der Waals surface area contributed by atoms with Gasteiger partial charge in [0.05, 0.1) is 11.3 Å². The number of halogens is 1. The average Bonchev–Trinajstić information content (AvgIpc) is 2.96. The van der Waals surface area contributed by atoms with Gasteiger partial charge in [0.1, 0.15) is 0 Å². The maximum atomic E-state index is 10.3. The fraction of sp³-hybridized carbons (Fsp3) is 0. The second-order valence-electron chi connectivity index (χ2n) is 5.75. The molecule has 3 aromatic carbocycles. The topological polar surface area (TPSA) is 48.4 Å². The molecular formula is C21H15IN2O. The van der Waals surface area contributed by atoms with Crippen LogP contribution in [-0.4, -0.2) is 16.3 Å². The smallest absolute Gasteiger partial charge is 0.198 e. The molecule has 0 amide bonds. The zero-order valence-corrected chi connectivity index (χ0v) is 15.4. The Morgan fingerprint density at radius 2 is 1.64 bits per heavy atom. The highest BCUT2D eigenvalue weighted by Crippen LogP contribution is 2.30. The van der Waals surface area contributed by atoms with Crippen LogP contribution < -0.4 is 0 Å². The lowest BCUT2D eigenvalue weighted by atomic mass is 10.0. The lowest BCUT2D eigenvalue weighted by Crippen LogP contribution is -1.80. The van der Waals surface area contributed by atoms with Gasteiger partial charge in [-0.05, 0) is 64.0 Å². The molecular weight excluding hydrogens is 423 g/mol. The molecule has 0 spiro atoms. The summed E-state index contributed by atoms with van der Waals surface area (Å²) in [6.45, 7) is 0. The van der Waals surface area contributed by atoms with Crippen molar-refractivity contribution >= 4 is 45.4 Å². The van der Waals surface area contributed by atoms with Gasteiger partial charge in [-0.2, -0.15) is 0 Å². The number of aromatic nitrogens is 1. The molecule has 2 N–H and O–H groups in total. The Morgan fingerprint density at radius 1 is 0.880 bits per heavy atom. The average molecular weight is 438 g/mol. The highest BCUT2D eigenvalue weighted by atomic mass is 127. The van der Waals surface area contributed by atoms with Crippen LogP contribution in [0.3, 0.4) is 0 Å². The molecule has 0 radical (unpaired) electrons. The van der Waals surface area contributed by atoms with Gasteiger partial charge in [0.2, 0.25) is 0 Å². The van der Waals surface area contributed by atoms with Crippen LogP contribution in [0.1, 0.15) is 5.56 Å². The van der Waals surface area contributed by atoms with Gasteiger partial charge in [0.25, 0.3) is 0 Å². The molecule has 0 unspecified atom stereocenters. The summed E-state index contributed by atoms with van der Waals surface area (Å²) in [5.74, 6) is 0.134. The minimum atomic E-state index is 0.134. The Kier molecular flexibility index (Phi) is 4.28. The van der Waals surface area contributed by atoms with E-state index in [-0.39, 0.29) is 5.88 Å². The maximum Gasteiger partial charge on any atom is 0.198 e. The van der Waals surface area contributed by atoms with Gasteiger partial charge in [0, 0.05) is 20.7 Å². The van der Waals surface area contributed by atoms with Crippen molar-refractivity contribution in [1.82, 2.24) is 4.98 Å². The van der Waals surface area contributed by atoms with E-state index in [0.717, 1.165) is 27.7 Å². The van der Waals surface area contributed by atoms with Crippen molar-refractivity contribution in [1.29, 1.82) is 0 Å². The summed E-state index contributed by atoms with van der Waals surface area (Å²) in [6.07, 6.45) is 1.71. The molecule has 122 valence electrons. The Balaban J connectivity index is 1.72. The lowest BCUT2D eigenvalue weighted by Gasteiger charge is -2.01. The highest BCUT2D eigenvalue weighted by molar-refractivity contribution is 14.1. The molecule has 0 aliphatic carbocycles. The molecule has 1 heterocycles. The van der Waals surface area contributed by atoms with Crippen molar-refractivity contribution in [2.75, 3.05) is 0 Å². The van der Waals surface area contributed by atoms with Gasteiger partial charge in [-0.1, -0.05) is 42.5 Å². The predicted molar refractivity (Wildman–Crippen MR) is 112 cm³/mol. The third-order valence-electron chi connectivity index (χ3n) is 4.09. The minimum absolute atomic E-state index is 0.134. The van der Waals surface area contributed by atoms with Crippen LogP contribution in [0.2, 0.25) is 0 Å². The SMILES string of the molecule is Oc1[nH]c2cc(-c3ccccc3)ccc2c1C=Nc1ccc(I)cc1. The molecule has 0 bridgehead atoms. The van der Waals surface area contributed by atoms with Gasteiger partial charge in [-0.25, -0.2) is 0 Å². The molecule has 0 fully saturated rings. The highest BCUT2D eigenvalue weighted by Gasteiger charge is 2.10. The number of benzene rings is 3. The van der Waals surface area contributed by atoms with E-state index in [0.29, 0.717) is 5.56 Å². The van der Waals surface area contributed by atoms with Crippen molar-refractivity contribution < 1.29 is 5.11 Å². The fourth-order valence-electron chi connectivity index (χ4n) is 2.81. The van der Waals surface area contributed by atoms with Crippen LogP contribution in [0.5, 0.6) is 5.88 Å². The van der Waals surface area contributed by atoms with Crippen molar-refractivity contribution in [3.8, 4) is 17.0 Å². The van der Waals surface area contributed by atoms with E-state index in [1.165, 1.54) is 3.57 Å². The van der Waals surface area contributed by atoms with Crippen molar-refractivity contribution in [2.45, 2.75) is 0 Å². The lowest BCUT2D eigenvalue weighted by molar-refractivity contribution is 0.457. The van der Waals surface area contributed by atoms with Gasteiger partial charge in [0.15, 0.2) is 5.88 Å². The summed E-state index contributed by atoms with van der Waals surface area (Å²) in [5, 5.41) is 11.2. The zero-order valence-electron chi connectivity index (χ0n) is 13.3. The van der Waals surface area contributed by atoms with Crippen molar-refractivity contribution in [3.63, 3.8) is 0 Å². The number of hydrogen-bond acceptors (Lipinski definition) is 2. The fourth-order valence-corrected chi connectivity index (χ4v) is 3.17. The Hall–Kier alpha value is -2.60. The van der Waals surface area contributed by atoms with E-state index in [1.807, 2.05) is 54.6 Å². The summed E-state index contributed by atoms with van der Waals surface area (Å²) in [5.41, 5.74) is 4.70. The van der Waals surface area contributed by atoms with Crippen LogP contribution in [0.25, 0.3) is 22.0 Å². The molecule has 0 saturated heterocycles. The summed E-state index contributed by atoms with van der Waals surface area (Å²) in [7, 11) is 0. The van der Waals surface area contributed by atoms with Crippen molar-refractivity contribution in [3.05, 3.63) is 81.9 Å². The van der Waals surface area contributed by atoms with E-state index in [4.69, 9.17) is 0 Å². The number of fused-ring (bicyclic) bond motifs is 1. The number of H-pyrrole nitrogens is 1. The largest absolute Gasteiger partial charge is 0.494 e. The van der Waals surface area contributed by atoms with E-state index >= 15 is 0 Å². The molecule has 4 rings (SSSR count). The normalized spacial score (nSPS) is 11.4. The molecule has 1 aromatic heterocycles. The Bertz CT molecular complexity index is 1050. The van der Waals surface area contributed by atoms with Gasteiger partial charge >= 0.3 is 0 Å². The quantitative estimate of drug-likeness (QED) is 0.304. The number of hydrogen-bond donors (Lipinski definition) is 2. The monoisotopic (exact) mass is 438 g/mol. The number of aliphatic imine (C=N–C) groups is 1. The van der Waals surface area contributed by atoms with E-state index in [1.54, 1.807) is 6.21 Å². The number of rotatable bonds is 3. The zero-order chi connectivity index (χ0) is 17.2. The first-order chi connectivity index (χ1) is 12.2. The minimum Gasteiger partial charge on any atom is -0.494 e. The summed E-state index contributed by atoms with van der Waals surface area (Å²) < 4.78 is 1.17. The predicted octanol–water partition coefficient (Wildman–Crippen LogP) is 5.90. The summed E-state index contributed by atoms with van der Waals surface area (Å²) in [6, 6.07) is 24.2. The second-order valence-corrected chi connectivity index (χ2v) is 6.99. The molecule has 3 nitrogen and oxygen atoms in total.